The third-order valence-electron chi connectivity index (χ3n) is 6.39. The van der Waals surface area contributed by atoms with Crippen LogP contribution in [0.1, 0.15) is 89.2 Å². The second-order valence-electron chi connectivity index (χ2n) is 9.84. The lowest BCUT2D eigenvalue weighted by molar-refractivity contribution is -0.158. The molecule has 0 spiro atoms. The van der Waals surface area contributed by atoms with Gasteiger partial charge in [0.1, 0.15) is 6.10 Å². The average molecular weight is 521 g/mol. The standard InChI is InChI=1S/C34H48O4/c1-3-4-5-6-7-8-9-10-11-12-13-14-21-26-33(37-28-32-24-19-16-20-25-32)34(38-30(2)35)29-36-27-31-22-17-15-18-23-31/h13-26,33-34H,3-12,27-29H2,1-2H3/b14-13+,26-21+/t33-,34-/m1/s1. The summed E-state index contributed by atoms with van der Waals surface area (Å²) in [4.78, 5) is 11.9. The highest BCUT2D eigenvalue weighted by molar-refractivity contribution is 5.66. The second-order valence-corrected chi connectivity index (χ2v) is 9.84. The molecule has 0 saturated heterocycles. The summed E-state index contributed by atoms with van der Waals surface area (Å²) in [5.41, 5.74) is 2.14. The molecular weight excluding hydrogens is 472 g/mol. The Morgan fingerprint density at radius 3 is 1.95 bits per heavy atom. The molecule has 4 nitrogen and oxygen atoms in total. The van der Waals surface area contributed by atoms with Crippen molar-refractivity contribution in [1.82, 2.24) is 0 Å². The number of unbranched alkanes of at least 4 members (excludes halogenated alkanes) is 9. The molecule has 2 atom stereocenters. The van der Waals surface area contributed by atoms with Crippen molar-refractivity contribution in [2.75, 3.05) is 6.61 Å². The van der Waals surface area contributed by atoms with Crippen molar-refractivity contribution in [2.45, 2.75) is 103 Å². The van der Waals surface area contributed by atoms with Gasteiger partial charge in [0, 0.05) is 6.92 Å². The quantitative estimate of drug-likeness (QED) is 0.0937. The first-order valence-electron chi connectivity index (χ1n) is 14.5. The molecule has 2 aromatic carbocycles. The number of allylic oxidation sites excluding steroid dienone is 3. The Hall–Kier alpha value is -2.69. The summed E-state index contributed by atoms with van der Waals surface area (Å²) < 4.78 is 17.8. The van der Waals surface area contributed by atoms with Gasteiger partial charge in [0.25, 0.3) is 0 Å². The van der Waals surface area contributed by atoms with Crippen molar-refractivity contribution in [3.8, 4) is 0 Å². The van der Waals surface area contributed by atoms with Crippen LogP contribution in [-0.4, -0.2) is 24.8 Å². The molecule has 0 N–H and O–H groups in total. The summed E-state index contributed by atoms with van der Waals surface area (Å²) >= 11 is 0. The summed E-state index contributed by atoms with van der Waals surface area (Å²) in [5.74, 6) is -0.346. The maximum Gasteiger partial charge on any atom is 0.303 e. The maximum atomic E-state index is 11.9. The normalized spacial score (nSPS) is 13.2. The molecular formula is C34H48O4. The van der Waals surface area contributed by atoms with Crippen molar-refractivity contribution < 1.29 is 19.0 Å². The molecule has 0 amide bonds. The molecule has 38 heavy (non-hydrogen) atoms. The van der Waals surface area contributed by atoms with Gasteiger partial charge in [0.15, 0.2) is 6.10 Å². The van der Waals surface area contributed by atoms with Crippen LogP contribution in [-0.2, 0) is 32.2 Å². The van der Waals surface area contributed by atoms with Crippen LogP contribution < -0.4 is 0 Å². The van der Waals surface area contributed by atoms with E-state index >= 15 is 0 Å². The number of esters is 1. The Morgan fingerprint density at radius 2 is 1.34 bits per heavy atom. The van der Waals surface area contributed by atoms with Crippen molar-refractivity contribution in [2.24, 2.45) is 0 Å². The molecule has 0 aliphatic rings. The number of carbonyl (C=O) groups excluding carboxylic acids is 1. The summed E-state index contributed by atoms with van der Waals surface area (Å²) in [7, 11) is 0. The molecule has 2 rings (SSSR count). The van der Waals surface area contributed by atoms with Crippen molar-refractivity contribution >= 4 is 5.97 Å². The van der Waals surface area contributed by atoms with E-state index in [0.717, 1.165) is 17.5 Å². The van der Waals surface area contributed by atoms with Gasteiger partial charge in [-0.25, -0.2) is 0 Å². The molecule has 0 saturated carbocycles. The minimum absolute atomic E-state index is 0.250. The fourth-order valence-corrected chi connectivity index (χ4v) is 4.25. The third-order valence-corrected chi connectivity index (χ3v) is 6.39. The Bertz CT molecular complexity index is 891. The molecule has 0 aliphatic heterocycles. The van der Waals surface area contributed by atoms with Gasteiger partial charge in [-0.05, 0) is 24.0 Å². The monoisotopic (exact) mass is 520 g/mol. The minimum atomic E-state index is -0.540. The van der Waals surface area contributed by atoms with E-state index in [9.17, 15) is 4.79 Å². The Labute approximate surface area is 231 Å². The lowest BCUT2D eigenvalue weighted by atomic mass is 10.1. The Kier molecular flexibility index (Phi) is 17.6. The van der Waals surface area contributed by atoms with Gasteiger partial charge < -0.3 is 14.2 Å². The van der Waals surface area contributed by atoms with Crippen molar-refractivity contribution in [3.05, 3.63) is 96.1 Å². The van der Waals surface area contributed by atoms with Gasteiger partial charge in [0.05, 0.1) is 19.8 Å². The van der Waals surface area contributed by atoms with Crippen LogP contribution in [0, 0.1) is 0 Å². The van der Waals surface area contributed by atoms with Crippen LogP contribution in [0.2, 0.25) is 0 Å². The number of carbonyl (C=O) groups is 1. The molecule has 0 bridgehead atoms. The topological polar surface area (TPSA) is 44.8 Å². The van der Waals surface area contributed by atoms with Gasteiger partial charge in [0.2, 0.25) is 0 Å². The second kappa shape index (κ2) is 21.3. The summed E-state index contributed by atoms with van der Waals surface area (Å²) in [6, 6.07) is 20.0. The van der Waals surface area contributed by atoms with Gasteiger partial charge in [-0.15, -0.1) is 0 Å². The van der Waals surface area contributed by atoms with E-state index in [1.807, 2.05) is 72.8 Å². The molecule has 208 valence electrons. The first-order chi connectivity index (χ1) is 18.7. The third kappa shape index (κ3) is 15.5. The number of hydrogen-bond acceptors (Lipinski definition) is 4. The predicted octanol–water partition coefficient (Wildman–Crippen LogP) is 8.75. The molecule has 0 radical (unpaired) electrons. The van der Waals surface area contributed by atoms with Crippen molar-refractivity contribution in [3.63, 3.8) is 0 Å². The first kappa shape index (κ1) is 31.5. The van der Waals surface area contributed by atoms with Gasteiger partial charge in [-0.1, -0.05) is 143 Å². The first-order valence-corrected chi connectivity index (χ1v) is 14.5. The predicted molar refractivity (Wildman–Crippen MR) is 157 cm³/mol. The molecule has 0 aromatic heterocycles. The molecule has 0 fully saturated rings. The molecule has 2 aromatic rings. The fraction of sp³-hybridized carbons (Fsp3) is 0.500. The number of rotatable bonds is 21. The largest absolute Gasteiger partial charge is 0.457 e. The van der Waals surface area contributed by atoms with E-state index in [1.54, 1.807) is 0 Å². The zero-order valence-corrected chi connectivity index (χ0v) is 23.6. The van der Waals surface area contributed by atoms with E-state index in [0.29, 0.717) is 13.2 Å². The van der Waals surface area contributed by atoms with Gasteiger partial charge >= 0.3 is 5.97 Å². The highest BCUT2D eigenvalue weighted by atomic mass is 16.6. The Balaban J connectivity index is 1.85. The summed E-state index contributed by atoms with van der Waals surface area (Å²) in [6.45, 7) is 4.81. The molecule has 0 aliphatic carbocycles. The van der Waals surface area contributed by atoms with Crippen LogP contribution in [0.25, 0.3) is 0 Å². The maximum absolute atomic E-state index is 11.9. The highest BCUT2D eigenvalue weighted by Crippen LogP contribution is 2.14. The molecule has 4 heteroatoms. The summed E-state index contributed by atoms with van der Waals surface area (Å²) in [5, 5.41) is 0. The smallest absolute Gasteiger partial charge is 0.303 e. The number of hydrogen-bond donors (Lipinski definition) is 0. The number of ether oxygens (including phenoxy) is 3. The lowest BCUT2D eigenvalue weighted by Gasteiger charge is -2.25. The Morgan fingerprint density at radius 1 is 0.763 bits per heavy atom. The minimum Gasteiger partial charge on any atom is -0.457 e. The average Bonchev–Trinajstić information content (AvgIpc) is 2.93. The van der Waals surface area contributed by atoms with Gasteiger partial charge in [-0.3, -0.25) is 4.79 Å². The van der Waals surface area contributed by atoms with E-state index in [1.165, 1.54) is 64.7 Å². The molecule has 0 heterocycles. The van der Waals surface area contributed by atoms with E-state index in [4.69, 9.17) is 14.2 Å². The zero-order chi connectivity index (χ0) is 27.1. The van der Waals surface area contributed by atoms with E-state index in [-0.39, 0.29) is 12.6 Å². The number of benzene rings is 2. The lowest BCUT2D eigenvalue weighted by Crippen LogP contribution is -2.35. The van der Waals surface area contributed by atoms with Crippen LogP contribution in [0.4, 0.5) is 0 Å². The van der Waals surface area contributed by atoms with Gasteiger partial charge in [-0.2, -0.15) is 0 Å². The zero-order valence-electron chi connectivity index (χ0n) is 23.6. The summed E-state index contributed by atoms with van der Waals surface area (Å²) in [6.07, 6.45) is 20.4. The van der Waals surface area contributed by atoms with E-state index in [2.05, 4.69) is 19.1 Å². The fourth-order valence-electron chi connectivity index (χ4n) is 4.25. The van der Waals surface area contributed by atoms with Crippen LogP contribution >= 0.6 is 0 Å². The molecule has 0 unspecified atom stereocenters. The van der Waals surface area contributed by atoms with Crippen LogP contribution in [0.5, 0.6) is 0 Å². The SMILES string of the molecule is CCCCCCCCCCC/C=C/C=C/[C@@H](OCc1ccccc1)[C@@H](COCc1ccccc1)OC(C)=O. The highest BCUT2D eigenvalue weighted by Gasteiger charge is 2.23. The van der Waals surface area contributed by atoms with E-state index < -0.39 is 12.2 Å². The van der Waals surface area contributed by atoms with Crippen LogP contribution in [0.3, 0.4) is 0 Å². The van der Waals surface area contributed by atoms with Crippen LogP contribution in [0.15, 0.2) is 85.0 Å². The van der Waals surface area contributed by atoms with Crippen molar-refractivity contribution in [1.29, 1.82) is 0 Å².